The Morgan fingerprint density at radius 3 is 1.68 bits per heavy atom. The third-order valence-corrected chi connectivity index (χ3v) is 25.3. The number of hydrogen-bond acceptors (Lipinski definition) is 17. The quantitative estimate of drug-likeness (QED) is 0.147. The summed E-state index contributed by atoms with van der Waals surface area (Å²) >= 11 is 0. The lowest BCUT2D eigenvalue weighted by Crippen LogP contribution is -2.87. The molecule has 8 N–H and O–H groups in total. The zero-order valence-corrected chi connectivity index (χ0v) is 50.3. The average Bonchev–Trinajstić information content (AvgIpc) is 1.40. The Balaban J connectivity index is 1.09. The van der Waals surface area contributed by atoms with Crippen LogP contribution in [-0.2, 0) is 52.6 Å². The number of ether oxygens (including phenoxy) is 3. The summed E-state index contributed by atoms with van der Waals surface area (Å²) < 4.78 is 21.0. The summed E-state index contributed by atoms with van der Waals surface area (Å²) in [5, 5.41) is 86.2. The molecule has 0 aromatic rings. The second-order valence-corrected chi connectivity index (χ2v) is 29.6. The van der Waals surface area contributed by atoms with E-state index in [1.54, 1.807) is 13.8 Å². The number of aliphatic hydroxyl groups is 6. The number of allylic oxidation sites excluding steroid dienone is 8. The summed E-state index contributed by atoms with van der Waals surface area (Å²) in [5.41, 5.74) is -14.7. The van der Waals surface area contributed by atoms with E-state index >= 15 is 38.4 Å². The van der Waals surface area contributed by atoms with E-state index in [9.17, 15) is 30.6 Å². The molecule has 19 nitrogen and oxygen atoms in total. The van der Waals surface area contributed by atoms with E-state index in [2.05, 4.69) is 10.6 Å². The van der Waals surface area contributed by atoms with Gasteiger partial charge in [0.1, 0.15) is 28.5 Å². The van der Waals surface area contributed by atoms with Crippen LogP contribution in [0.3, 0.4) is 0 Å². The summed E-state index contributed by atoms with van der Waals surface area (Å²) in [5.74, 6) is -28.7. The molecule has 14 rings (SSSR count). The van der Waals surface area contributed by atoms with Crippen molar-refractivity contribution in [2.75, 3.05) is 0 Å². The van der Waals surface area contributed by atoms with Crippen LogP contribution in [0.1, 0.15) is 122 Å². The fourth-order valence-corrected chi connectivity index (χ4v) is 22.4. The van der Waals surface area contributed by atoms with Crippen molar-refractivity contribution in [3.05, 3.63) is 69.1 Å². The van der Waals surface area contributed by atoms with Gasteiger partial charge >= 0.3 is 0 Å². The van der Waals surface area contributed by atoms with Crippen LogP contribution in [0.15, 0.2) is 69.1 Å². The predicted molar refractivity (Wildman–Crippen MR) is 298 cm³/mol. The van der Waals surface area contributed by atoms with Gasteiger partial charge in [0.2, 0.25) is 29.0 Å². The number of carbonyl (C=O) groups is 8. The van der Waals surface area contributed by atoms with E-state index < -0.39 is 210 Å². The van der Waals surface area contributed by atoms with E-state index in [1.165, 1.54) is 13.8 Å². The predicted octanol–water partition coefficient (Wildman–Crippen LogP) is 3.64. The lowest BCUT2D eigenvalue weighted by Gasteiger charge is -2.69. The van der Waals surface area contributed by atoms with Crippen LogP contribution >= 0.6 is 0 Å². The molecule has 0 aromatic carbocycles. The highest BCUT2D eigenvalue weighted by atomic mass is 16.7. The molecular weight excluding hydrogens is 1090 g/mol. The molecule has 14 aliphatic rings. The van der Waals surface area contributed by atoms with Crippen LogP contribution in [0.5, 0.6) is 0 Å². The van der Waals surface area contributed by atoms with Crippen molar-refractivity contribution in [3.63, 3.8) is 0 Å². The number of rotatable bonds is 4. The third-order valence-electron chi connectivity index (χ3n) is 25.3. The summed E-state index contributed by atoms with van der Waals surface area (Å²) in [6, 6.07) is -1.19. The van der Waals surface area contributed by atoms with Crippen LogP contribution in [0.2, 0.25) is 0 Å². The number of fused-ring (bicyclic) bond motifs is 9. The van der Waals surface area contributed by atoms with Crippen molar-refractivity contribution in [1.29, 1.82) is 0 Å². The smallest absolute Gasteiger partial charge is 0.256 e. The second kappa shape index (κ2) is 17.4. The Hall–Kier alpha value is -5.12. The Morgan fingerprint density at radius 2 is 1.15 bits per heavy atom. The Kier molecular flexibility index (Phi) is 11.8. The minimum atomic E-state index is -3.91. The zero-order valence-electron chi connectivity index (χ0n) is 50.3. The first kappa shape index (κ1) is 57.6. The molecule has 26 atom stereocenters. The van der Waals surface area contributed by atoms with Crippen molar-refractivity contribution in [3.8, 4) is 0 Å². The topological polar surface area (TPSA) is 310 Å². The lowest BCUT2D eigenvalue weighted by molar-refractivity contribution is -0.455. The van der Waals surface area contributed by atoms with Crippen LogP contribution in [0.25, 0.3) is 0 Å². The van der Waals surface area contributed by atoms with Gasteiger partial charge < -0.3 is 55.5 Å². The van der Waals surface area contributed by atoms with Gasteiger partial charge in [0.15, 0.2) is 34.7 Å². The molecule has 0 unspecified atom stereocenters. The molecule has 7 aliphatic heterocycles. The van der Waals surface area contributed by atoms with E-state index in [0.29, 0.717) is 24.0 Å². The number of nitrogens with one attached hydrogen (secondary N) is 2. The van der Waals surface area contributed by atoms with Crippen molar-refractivity contribution in [2.24, 2.45) is 98.1 Å². The molecule has 456 valence electrons. The van der Waals surface area contributed by atoms with Gasteiger partial charge in [-0.3, -0.25) is 38.4 Å². The lowest BCUT2D eigenvalue weighted by atomic mass is 9.34. The number of Topliss-reactive ketones (excluding diaryl/α,β-unsaturated/α-hetero) is 6. The first-order valence-corrected chi connectivity index (χ1v) is 31.0. The van der Waals surface area contributed by atoms with E-state index in [1.807, 2.05) is 79.7 Å². The number of aliphatic hydroxyl groups excluding tert-OH is 3. The van der Waals surface area contributed by atoms with Crippen LogP contribution in [0, 0.1) is 98.1 Å². The molecule has 7 heterocycles. The highest BCUT2D eigenvalue weighted by Gasteiger charge is 3.07. The number of amides is 2. The van der Waals surface area contributed by atoms with Gasteiger partial charge in [-0.25, -0.2) is 0 Å². The van der Waals surface area contributed by atoms with Crippen molar-refractivity contribution in [2.45, 2.75) is 187 Å². The molecule has 6 bridgehead atoms. The molecule has 7 aliphatic carbocycles. The normalized spacial score (nSPS) is 52.6. The number of carbonyl (C=O) groups excluding carboxylic acids is 8. The molecule has 8 fully saturated rings. The minimum Gasteiger partial charge on any atom is -0.504 e. The van der Waals surface area contributed by atoms with Crippen molar-refractivity contribution >= 4 is 46.5 Å². The summed E-state index contributed by atoms with van der Waals surface area (Å²) in [4.78, 5) is 131. The zero-order chi connectivity index (χ0) is 61.4. The monoisotopic (exact) mass is 1170 g/mol. The Morgan fingerprint density at radius 1 is 0.635 bits per heavy atom. The maximum atomic E-state index is 17.6. The molecule has 1 saturated carbocycles. The third kappa shape index (κ3) is 5.74. The fraction of sp³-hybridized carbons (Fsp3) is 0.697. The van der Waals surface area contributed by atoms with Gasteiger partial charge in [0.05, 0.1) is 58.9 Å². The molecule has 2 amide bonds. The Bertz CT molecular complexity index is 3440. The number of hydrogen-bond donors (Lipinski definition) is 8. The maximum absolute atomic E-state index is 17.6. The SMILES string of the molecule is CC1=C[C@H]2C=C(C)[C@@H](C)[C@H]3[C@H](CC(C)C)NC(=O)[C@@]23C(=O)[C@H]2[C@H](C(=O)[C@H](O)CC1)[C@H]1O[C@@H]2[C@@]23C(=O)[C@@](O)(C(=O)C(C)=C12)[C@@]12[C@@H]4O[C@H]5[C@H]6C(=O)[C@@]78C(=O)N[C@@H](CC(C)C)[C@@H]7[C@H](C)C(C)=C[C@@H]8C=C(C)CC[C@@H](O)[C@](O)(O[C@]1(O)C(=O)C(O)=C(C)[C@@]532)[C@@H]64. The van der Waals surface area contributed by atoms with E-state index in [4.69, 9.17) is 14.2 Å². The van der Waals surface area contributed by atoms with E-state index in [0.717, 1.165) is 11.1 Å². The first-order valence-electron chi connectivity index (χ1n) is 31.0. The molecule has 0 radical (unpaired) electrons. The van der Waals surface area contributed by atoms with Crippen LogP contribution in [-0.4, -0.2) is 143 Å². The average molecular weight is 1170 g/mol. The summed E-state index contributed by atoms with van der Waals surface area (Å²) in [7, 11) is 0. The second-order valence-electron chi connectivity index (χ2n) is 29.6. The molecule has 4 spiro atoms. The maximum Gasteiger partial charge on any atom is 0.256 e. The molecule has 19 heteroatoms. The van der Waals surface area contributed by atoms with Gasteiger partial charge in [0, 0.05) is 35.8 Å². The van der Waals surface area contributed by atoms with Crippen LogP contribution in [0.4, 0.5) is 0 Å². The minimum absolute atomic E-state index is 0.00894. The molecule has 85 heavy (non-hydrogen) atoms. The van der Waals surface area contributed by atoms with Crippen LogP contribution < -0.4 is 10.6 Å². The summed E-state index contributed by atoms with van der Waals surface area (Å²) in [6.07, 6.45) is -4.00. The number of ketones is 6. The van der Waals surface area contributed by atoms with Gasteiger partial charge in [-0.15, -0.1) is 0 Å². The molecular formula is C66H80N2O17. The van der Waals surface area contributed by atoms with E-state index in [-0.39, 0.29) is 48.7 Å². The fourth-order valence-electron chi connectivity index (χ4n) is 22.4. The van der Waals surface area contributed by atoms with Gasteiger partial charge in [-0.05, 0) is 120 Å². The first-order chi connectivity index (χ1) is 39.8. The standard InChI is InChI=1S/C66H80N2O17/c1-23(2)17-35-42-29(9)27(7)21-33-19-25(5)13-15-37(69)47(72)39-40(50(74)59(33,42)57(78)67-35)53-61-44(48(39)83-53)31(11)49(73)63(80,56(61)77)65-55-45-41-51(75)60-34(22-28(8)30(10)43(60)36(18-24(3)4)68-58(60)79)20-26(6)14-16-38(70)64(45,81)85-66(65,82)52(76)46(71)32(12)62(61,65)54(41)84-55/h19-24,29-30,33-43,45,48,53-55,69-71,80-82H,13-18H2,1-12H3,(H,67,78)(H,68,79)/t29-,30-,33+,34+,35+,36+,37-,38-,39-,40-,41-,42+,43+,45+,48-,53+,54+,55-,59+,60+,61-,62-,63+,64+,65+,66-/m1/s1. The highest BCUT2D eigenvalue weighted by molar-refractivity contribution is 6.29. The van der Waals surface area contributed by atoms with Crippen molar-refractivity contribution in [1.82, 2.24) is 10.6 Å². The largest absolute Gasteiger partial charge is 0.504 e. The highest BCUT2D eigenvalue weighted by Crippen LogP contribution is 2.92. The van der Waals surface area contributed by atoms with Crippen molar-refractivity contribution < 1.29 is 83.2 Å². The Labute approximate surface area is 493 Å². The molecule has 0 aromatic heterocycles. The van der Waals surface area contributed by atoms with Gasteiger partial charge in [-0.1, -0.05) is 88.1 Å². The molecule has 7 saturated heterocycles. The van der Waals surface area contributed by atoms with Gasteiger partial charge in [-0.2, -0.15) is 0 Å². The van der Waals surface area contributed by atoms with Gasteiger partial charge in [0.25, 0.3) is 5.78 Å². The summed E-state index contributed by atoms with van der Waals surface area (Å²) in [6.45, 7) is 21.8.